The average Bonchev–Trinajstić information content (AvgIpc) is 2.33. The van der Waals surface area contributed by atoms with E-state index in [-0.39, 0.29) is 0 Å². The van der Waals surface area contributed by atoms with Gasteiger partial charge in [-0.2, -0.15) is 0 Å². The summed E-state index contributed by atoms with van der Waals surface area (Å²) < 4.78 is 10.9. The molecule has 0 spiro atoms. The first kappa shape index (κ1) is 15.3. The van der Waals surface area contributed by atoms with Gasteiger partial charge in [0.15, 0.2) is 0 Å². The van der Waals surface area contributed by atoms with Gasteiger partial charge in [-0.3, -0.25) is 0 Å². The molecular formula is C16H25NO3. The summed E-state index contributed by atoms with van der Waals surface area (Å²) >= 11 is 0. The first-order valence-electron chi connectivity index (χ1n) is 7.22. The molecule has 1 unspecified atom stereocenters. The predicted octanol–water partition coefficient (Wildman–Crippen LogP) is 1.81. The summed E-state index contributed by atoms with van der Waals surface area (Å²) in [5, 5.41) is 13.3. The quantitative estimate of drug-likeness (QED) is 0.799. The molecule has 1 fully saturated rings. The van der Waals surface area contributed by atoms with Crippen molar-refractivity contribution in [1.82, 2.24) is 5.32 Å². The summed E-state index contributed by atoms with van der Waals surface area (Å²) in [7, 11) is 1.74. The lowest BCUT2D eigenvalue weighted by atomic mass is 9.89. The van der Waals surface area contributed by atoms with Crippen molar-refractivity contribution in [2.45, 2.75) is 44.9 Å². The molecule has 4 nitrogen and oxygen atoms in total. The van der Waals surface area contributed by atoms with Crippen molar-refractivity contribution in [2.24, 2.45) is 0 Å². The largest absolute Gasteiger partial charge is 0.491 e. The Kier molecular flexibility index (Phi) is 5.40. The van der Waals surface area contributed by atoms with Crippen molar-refractivity contribution in [3.05, 3.63) is 29.3 Å². The number of nitrogens with one attached hydrogen (secondary N) is 1. The highest BCUT2D eigenvalue weighted by atomic mass is 16.5. The number of rotatable bonds is 7. The van der Waals surface area contributed by atoms with Crippen molar-refractivity contribution < 1.29 is 14.6 Å². The van der Waals surface area contributed by atoms with Crippen molar-refractivity contribution in [1.29, 1.82) is 0 Å². The highest BCUT2D eigenvalue weighted by Gasteiger charge is 2.28. The molecule has 2 rings (SSSR count). The second kappa shape index (κ2) is 7.07. The molecule has 1 aromatic carbocycles. The summed E-state index contributed by atoms with van der Waals surface area (Å²) in [5.74, 6) is 0.824. The maximum atomic E-state index is 9.92. The molecule has 1 aromatic rings. The normalized spacial score (nSPS) is 23.2. The third-order valence-corrected chi connectivity index (χ3v) is 3.71. The molecular weight excluding hydrogens is 254 g/mol. The van der Waals surface area contributed by atoms with Gasteiger partial charge in [-0.1, -0.05) is 6.07 Å². The Labute approximate surface area is 121 Å². The van der Waals surface area contributed by atoms with Crippen LogP contribution in [0.5, 0.6) is 5.75 Å². The molecule has 1 aliphatic carbocycles. The molecule has 1 atom stereocenters. The molecule has 0 bridgehead atoms. The first-order valence-corrected chi connectivity index (χ1v) is 7.22. The molecule has 20 heavy (non-hydrogen) atoms. The Hall–Kier alpha value is -1.10. The van der Waals surface area contributed by atoms with E-state index in [0.717, 1.165) is 18.6 Å². The van der Waals surface area contributed by atoms with Gasteiger partial charge in [0.2, 0.25) is 0 Å². The fraction of sp³-hybridized carbons (Fsp3) is 0.625. The van der Waals surface area contributed by atoms with Gasteiger partial charge >= 0.3 is 0 Å². The van der Waals surface area contributed by atoms with E-state index < -0.39 is 6.10 Å². The number of aliphatic hydroxyl groups excluding tert-OH is 1. The summed E-state index contributed by atoms with van der Waals surface area (Å²) in [5.41, 5.74) is 2.35. The van der Waals surface area contributed by atoms with Gasteiger partial charge in [0.05, 0.1) is 6.10 Å². The fourth-order valence-electron chi connectivity index (χ4n) is 2.50. The van der Waals surface area contributed by atoms with E-state index >= 15 is 0 Å². The fourth-order valence-corrected chi connectivity index (χ4v) is 2.50. The van der Waals surface area contributed by atoms with Crippen LogP contribution in [0.1, 0.15) is 24.0 Å². The first-order chi connectivity index (χ1) is 9.56. The molecule has 0 heterocycles. The number of hydrogen-bond donors (Lipinski definition) is 2. The second-order valence-electron chi connectivity index (χ2n) is 5.72. The number of hydrogen-bond acceptors (Lipinski definition) is 4. The van der Waals surface area contributed by atoms with E-state index in [2.05, 4.69) is 11.4 Å². The molecule has 1 aliphatic rings. The van der Waals surface area contributed by atoms with E-state index in [0.29, 0.717) is 25.3 Å². The molecule has 0 radical (unpaired) electrons. The molecule has 0 aromatic heterocycles. The zero-order chi connectivity index (χ0) is 14.5. The summed E-state index contributed by atoms with van der Waals surface area (Å²) in [6, 6.07) is 6.55. The number of ether oxygens (including phenoxy) is 2. The lowest BCUT2D eigenvalue weighted by molar-refractivity contribution is 0.0117. The van der Waals surface area contributed by atoms with E-state index in [1.54, 1.807) is 7.11 Å². The molecule has 2 N–H and O–H groups in total. The summed E-state index contributed by atoms with van der Waals surface area (Å²) in [4.78, 5) is 0. The zero-order valence-corrected chi connectivity index (χ0v) is 12.6. The number of methoxy groups -OCH3 is 1. The van der Waals surface area contributed by atoms with Crippen LogP contribution in [-0.4, -0.2) is 43.6 Å². The standard InChI is InChI=1S/C16H25NO3/c1-11-4-12(2)6-16(5-11)20-10-14(18)9-17-13-7-15(8-13)19-3/h4-6,13-15,17-18H,7-10H2,1-3H3. The van der Waals surface area contributed by atoms with Gasteiger partial charge in [-0.15, -0.1) is 0 Å². The Morgan fingerprint density at radius 2 is 1.90 bits per heavy atom. The third kappa shape index (κ3) is 4.47. The highest BCUT2D eigenvalue weighted by Crippen LogP contribution is 2.22. The minimum Gasteiger partial charge on any atom is -0.491 e. The molecule has 0 saturated heterocycles. The second-order valence-corrected chi connectivity index (χ2v) is 5.72. The number of benzene rings is 1. The van der Waals surface area contributed by atoms with Crippen LogP contribution in [0.15, 0.2) is 18.2 Å². The van der Waals surface area contributed by atoms with Crippen LogP contribution < -0.4 is 10.1 Å². The van der Waals surface area contributed by atoms with E-state index in [4.69, 9.17) is 9.47 Å². The minimum absolute atomic E-state index is 0.316. The van der Waals surface area contributed by atoms with Crippen molar-refractivity contribution in [3.63, 3.8) is 0 Å². The van der Waals surface area contributed by atoms with Crippen LogP contribution in [0.2, 0.25) is 0 Å². The van der Waals surface area contributed by atoms with Crippen LogP contribution >= 0.6 is 0 Å². The maximum Gasteiger partial charge on any atom is 0.119 e. The van der Waals surface area contributed by atoms with E-state index in [1.165, 1.54) is 11.1 Å². The van der Waals surface area contributed by atoms with E-state index in [1.807, 2.05) is 26.0 Å². The average molecular weight is 279 g/mol. The minimum atomic E-state index is -0.489. The lowest BCUT2D eigenvalue weighted by Crippen LogP contribution is -2.48. The zero-order valence-electron chi connectivity index (χ0n) is 12.6. The SMILES string of the molecule is COC1CC(NCC(O)COc2cc(C)cc(C)c2)C1. The van der Waals surface area contributed by atoms with Gasteiger partial charge in [0.25, 0.3) is 0 Å². The van der Waals surface area contributed by atoms with Gasteiger partial charge in [-0.05, 0) is 49.9 Å². The van der Waals surface area contributed by atoms with Crippen LogP contribution in [0, 0.1) is 13.8 Å². The van der Waals surface area contributed by atoms with Gasteiger partial charge < -0.3 is 19.9 Å². The van der Waals surface area contributed by atoms with Crippen LogP contribution in [0.25, 0.3) is 0 Å². The summed E-state index contributed by atoms with van der Waals surface area (Å²) in [6.45, 7) is 4.96. The Morgan fingerprint density at radius 3 is 2.50 bits per heavy atom. The molecule has 4 heteroatoms. The Bertz CT molecular complexity index is 409. The van der Waals surface area contributed by atoms with Gasteiger partial charge in [0.1, 0.15) is 18.5 Å². The Balaban J connectivity index is 1.66. The summed E-state index contributed by atoms with van der Waals surface area (Å²) in [6.07, 6.45) is 1.95. The van der Waals surface area contributed by atoms with E-state index in [9.17, 15) is 5.11 Å². The van der Waals surface area contributed by atoms with Gasteiger partial charge in [-0.25, -0.2) is 0 Å². The van der Waals surface area contributed by atoms with Crippen molar-refractivity contribution in [2.75, 3.05) is 20.3 Å². The van der Waals surface area contributed by atoms with Crippen LogP contribution in [-0.2, 0) is 4.74 Å². The highest BCUT2D eigenvalue weighted by molar-refractivity contribution is 5.32. The number of aryl methyl sites for hydroxylation is 2. The monoisotopic (exact) mass is 279 g/mol. The number of aliphatic hydroxyl groups is 1. The topological polar surface area (TPSA) is 50.7 Å². The molecule has 1 saturated carbocycles. The Morgan fingerprint density at radius 1 is 1.25 bits per heavy atom. The van der Waals surface area contributed by atoms with Crippen molar-refractivity contribution in [3.8, 4) is 5.75 Å². The predicted molar refractivity (Wildman–Crippen MR) is 79.2 cm³/mol. The lowest BCUT2D eigenvalue weighted by Gasteiger charge is -2.35. The molecule has 0 amide bonds. The van der Waals surface area contributed by atoms with Crippen LogP contribution in [0.3, 0.4) is 0 Å². The van der Waals surface area contributed by atoms with Crippen molar-refractivity contribution >= 4 is 0 Å². The van der Waals surface area contributed by atoms with Crippen LogP contribution in [0.4, 0.5) is 0 Å². The smallest absolute Gasteiger partial charge is 0.119 e. The molecule has 0 aliphatic heterocycles. The van der Waals surface area contributed by atoms with Gasteiger partial charge in [0, 0.05) is 19.7 Å². The maximum absolute atomic E-state index is 9.92. The molecule has 112 valence electrons. The third-order valence-electron chi connectivity index (χ3n) is 3.71.